The van der Waals surface area contributed by atoms with E-state index < -0.39 is 11.7 Å². The summed E-state index contributed by atoms with van der Waals surface area (Å²) in [4.78, 5) is 12.5. The molecule has 0 aliphatic rings. The van der Waals surface area contributed by atoms with Crippen LogP contribution >= 0.6 is 11.8 Å². The summed E-state index contributed by atoms with van der Waals surface area (Å²) in [5, 5.41) is 11.9. The van der Waals surface area contributed by atoms with Gasteiger partial charge in [0.1, 0.15) is 6.61 Å². The van der Waals surface area contributed by atoms with E-state index in [1.54, 1.807) is 32.4 Å². The predicted octanol–water partition coefficient (Wildman–Crippen LogP) is 4.87. The third-order valence-corrected chi connectivity index (χ3v) is 6.16. The molecule has 0 saturated carbocycles. The average molecular weight is 509 g/mol. The van der Waals surface area contributed by atoms with E-state index in [0.717, 1.165) is 22.9 Å². The van der Waals surface area contributed by atoms with Crippen LogP contribution in [0.3, 0.4) is 0 Å². The second kappa shape index (κ2) is 12.2. The van der Waals surface area contributed by atoms with Crippen LogP contribution in [-0.2, 0) is 34.6 Å². The summed E-state index contributed by atoms with van der Waals surface area (Å²) in [6, 6.07) is 12.0. The predicted molar refractivity (Wildman–Crippen MR) is 126 cm³/mol. The SMILES string of the molecule is COCc1nnc(SCc2ccc(C(=O)NCc3cccc(C(F)(F)F)c3)cc2)n1[C@@H](C)COC. The fourth-order valence-corrected chi connectivity index (χ4v) is 4.45. The molecule has 1 aromatic heterocycles. The van der Waals surface area contributed by atoms with E-state index in [4.69, 9.17) is 9.47 Å². The van der Waals surface area contributed by atoms with Gasteiger partial charge in [-0.3, -0.25) is 9.36 Å². The first-order valence-corrected chi connectivity index (χ1v) is 11.8. The molecule has 0 bridgehead atoms. The summed E-state index contributed by atoms with van der Waals surface area (Å²) >= 11 is 1.51. The third kappa shape index (κ3) is 7.30. The topological polar surface area (TPSA) is 78.3 Å². The Morgan fingerprint density at radius 1 is 1.09 bits per heavy atom. The van der Waals surface area contributed by atoms with Crippen molar-refractivity contribution in [3.8, 4) is 0 Å². The van der Waals surface area contributed by atoms with Crippen molar-refractivity contribution in [3.63, 3.8) is 0 Å². The van der Waals surface area contributed by atoms with Crippen LogP contribution in [0.1, 0.15) is 45.8 Å². The molecular formula is C24H27F3N4O3S. The lowest BCUT2D eigenvalue weighted by molar-refractivity contribution is -0.137. The van der Waals surface area contributed by atoms with Crippen molar-refractivity contribution in [1.82, 2.24) is 20.1 Å². The van der Waals surface area contributed by atoms with Crippen molar-refractivity contribution in [3.05, 3.63) is 76.6 Å². The van der Waals surface area contributed by atoms with Gasteiger partial charge in [-0.05, 0) is 42.3 Å². The number of aromatic nitrogens is 3. The second-order valence-electron chi connectivity index (χ2n) is 7.87. The van der Waals surface area contributed by atoms with Crippen LogP contribution in [0, 0.1) is 0 Å². The minimum atomic E-state index is -4.42. The van der Waals surface area contributed by atoms with E-state index in [0.29, 0.717) is 35.9 Å². The fraction of sp³-hybridized carbons (Fsp3) is 0.375. The van der Waals surface area contributed by atoms with E-state index in [9.17, 15) is 18.0 Å². The van der Waals surface area contributed by atoms with Crippen LogP contribution in [0.5, 0.6) is 0 Å². The Labute approximate surface area is 206 Å². The van der Waals surface area contributed by atoms with Crippen molar-refractivity contribution < 1.29 is 27.4 Å². The number of thioether (sulfide) groups is 1. The number of amides is 1. The number of ether oxygens (including phenoxy) is 2. The summed E-state index contributed by atoms with van der Waals surface area (Å²) in [6.07, 6.45) is -4.42. The molecule has 1 N–H and O–H groups in total. The summed E-state index contributed by atoms with van der Waals surface area (Å²) in [5.74, 6) is 0.961. The van der Waals surface area contributed by atoms with E-state index in [1.165, 1.54) is 17.8 Å². The van der Waals surface area contributed by atoms with Crippen LogP contribution in [0.25, 0.3) is 0 Å². The number of carbonyl (C=O) groups excluding carboxylic acids is 1. The van der Waals surface area contributed by atoms with Crippen LogP contribution in [0.15, 0.2) is 53.7 Å². The lowest BCUT2D eigenvalue weighted by Gasteiger charge is -2.17. The Morgan fingerprint density at radius 2 is 1.83 bits per heavy atom. The summed E-state index contributed by atoms with van der Waals surface area (Å²) in [6.45, 7) is 2.86. The Kier molecular flexibility index (Phi) is 9.30. The standard InChI is InChI=1S/C24H27F3N4O3S/c1-16(13-33-2)31-21(14-34-3)29-30-23(31)35-15-17-7-9-19(10-8-17)22(32)28-12-18-5-4-6-20(11-18)24(25,26)27/h4-11,16H,12-15H2,1-3H3,(H,28,32)/t16-/m0/s1. The van der Waals surface area contributed by atoms with Gasteiger partial charge in [0.25, 0.3) is 5.91 Å². The van der Waals surface area contributed by atoms with Gasteiger partial charge < -0.3 is 14.8 Å². The number of benzene rings is 2. The van der Waals surface area contributed by atoms with Gasteiger partial charge in [0.15, 0.2) is 11.0 Å². The first kappa shape index (κ1) is 26.7. The minimum absolute atomic E-state index is 0.000514. The smallest absolute Gasteiger partial charge is 0.383 e. The number of methoxy groups -OCH3 is 2. The maximum Gasteiger partial charge on any atom is 0.416 e. The first-order chi connectivity index (χ1) is 16.7. The zero-order chi connectivity index (χ0) is 25.4. The van der Waals surface area contributed by atoms with Gasteiger partial charge >= 0.3 is 6.18 Å². The molecule has 0 unspecified atom stereocenters. The third-order valence-electron chi connectivity index (χ3n) is 5.15. The summed E-state index contributed by atoms with van der Waals surface area (Å²) in [5.41, 5.74) is 1.03. The van der Waals surface area contributed by atoms with Gasteiger partial charge in [-0.2, -0.15) is 13.2 Å². The van der Waals surface area contributed by atoms with Crippen LogP contribution in [0.2, 0.25) is 0 Å². The monoisotopic (exact) mass is 508 g/mol. The van der Waals surface area contributed by atoms with E-state index in [2.05, 4.69) is 15.5 Å². The molecule has 0 aliphatic heterocycles. The number of alkyl halides is 3. The minimum Gasteiger partial charge on any atom is -0.383 e. The quantitative estimate of drug-likeness (QED) is 0.372. The molecule has 0 saturated heterocycles. The Bertz CT molecular complexity index is 1120. The molecule has 1 atom stereocenters. The number of rotatable bonds is 11. The molecule has 35 heavy (non-hydrogen) atoms. The average Bonchev–Trinajstić information content (AvgIpc) is 3.24. The molecule has 0 fully saturated rings. The van der Waals surface area contributed by atoms with Gasteiger partial charge in [-0.25, -0.2) is 0 Å². The van der Waals surface area contributed by atoms with Crippen LogP contribution in [-0.4, -0.2) is 41.5 Å². The van der Waals surface area contributed by atoms with E-state index in [-0.39, 0.29) is 18.5 Å². The maximum atomic E-state index is 12.9. The van der Waals surface area contributed by atoms with Gasteiger partial charge in [0.05, 0.1) is 18.2 Å². The number of hydrogen-bond donors (Lipinski definition) is 1. The van der Waals surface area contributed by atoms with Crippen molar-refractivity contribution in [2.75, 3.05) is 20.8 Å². The second-order valence-corrected chi connectivity index (χ2v) is 8.82. The zero-order valence-corrected chi connectivity index (χ0v) is 20.4. The molecule has 1 amide bonds. The molecule has 7 nitrogen and oxygen atoms in total. The molecule has 0 spiro atoms. The summed E-state index contributed by atoms with van der Waals surface area (Å²) < 4.78 is 51.1. The number of hydrogen-bond acceptors (Lipinski definition) is 6. The van der Waals surface area contributed by atoms with Crippen molar-refractivity contribution in [1.29, 1.82) is 0 Å². The van der Waals surface area contributed by atoms with Gasteiger partial charge in [0.2, 0.25) is 0 Å². The maximum absolute atomic E-state index is 12.9. The highest BCUT2D eigenvalue weighted by molar-refractivity contribution is 7.98. The summed E-state index contributed by atoms with van der Waals surface area (Å²) in [7, 11) is 3.24. The molecule has 0 aliphatic carbocycles. The highest BCUT2D eigenvalue weighted by Crippen LogP contribution is 2.29. The fourth-order valence-electron chi connectivity index (χ4n) is 3.43. The highest BCUT2D eigenvalue weighted by Gasteiger charge is 2.30. The number of carbonyl (C=O) groups is 1. The van der Waals surface area contributed by atoms with Gasteiger partial charge in [-0.15, -0.1) is 10.2 Å². The van der Waals surface area contributed by atoms with Crippen molar-refractivity contribution in [2.45, 2.75) is 43.2 Å². The Balaban J connectivity index is 1.59. The van der Waals surface area contributed by atoms with Gasteiger partial charge in [-0.1, -0.05) is 36.0 Å². The lowest BCUT2D eigenvalue weighted by atomic mass is 10.1. The van der Waals surface area contributed by atoms with Gasteiger partial charge in [0, 0.05) is 32.1 Å². The van der Waals surface area contributed by atoms with Crippen molar-refractivity contribution in [2.24, 2.45) is 0 Å². The highest BCUT2D eigenvalue weighted by atomic mass is 32.2. The van der Waals surface area contributed by atoms with E-state index in [1.807, 2.05) is 23.6 Å². The van der Waals surface area contributed by atoms with E-state index >= 15 is 0 Å². The lowest BCUT2D eigenvalue weighted by Crippen LogP contribution is -2.23. The first-order valence-electron chi connectivity index (χ1n) is 10.8. The number of nitrogens with zero attached hydrogens (tertiary/aromatic N) is 3. The van der Waals surface area contributed by atoms with Crippen LogP contribution < -0.4 is 5.32 Å². The molecule has 2 aromatic carbocycles. The molecule has 0 radical (unpaired) electrons. The Hall–Kier alpha value is -2.89. The van der Waals surface area contributed by atoms with Crippen LogP contribution in [0.4, 0.5) is 13.2 Å². The molecule has 3 aromatic rings. The largest absolute Gasteiger partial charge is 0.416 e. The normalized spacial score (nSPS) is 12.5. The number of halogens is 3. The van der Waals surface area contributed by atoms with Crippen molar-refractivity contribution >= 4 is 17.7 Å². The number of nitrogens with one attached hydrogen (secondary N) is 1. The zero-order valence-electron chi connectivity index (χ0n) is 19.6. The molecule has 3 rings (SSSR count). The molecule has 188 valence electrons. The molecule has 1 heterocycles. The Morgan fingerprint density at radius 3 is 2.49 bits per heavy atom. The molecular weight excluding hydrogens is 481 g/mol. The molecule has 11 heteroatoms.